The molecule has 29 heavy (non-hydrogen) atoms. The summed E-state index contributed by atoms with van der Waals surface area (Å²) in [5.74, 6) is 0.425. The number of hydrogen-bond acceptors (Lipinski definition) is 4. The van der Waals surface area contributed by atoms with Crippen molar-refractivity contribution in [1.29, 1.82) is 0 Å². The molecular formula is C22H28FN5O. The molecule has 2 aliphatic carbocycles. The molecule has 1 N–H and O–H groups in total. The highest BCUT2D eigenvalue weighted by Crippen LogP contribution is 2.48. The average Bonchev–Trinajstić information content (AvgIpc) is 3.62. The van der Waals surface area contributed by atoms with Crippen molar-refractivity contribution < 1.29 is 9.18 Å². The number of anilines is 1. The van der Waals surface area contributed by atoms with Crippen molar-refractivity contribution >= 4 is 11.6 Å². The highest BCUT2D eigenvalue weighted by Gasteiger charge is 2.51. The molecule has 1 aromatic carbocycles. The second-order valence-electron chi connectivity index (χ2n) is 8.89. The first-order valence-corrected chi connectivity index (χ1v) is 10.5. The van der Waals surface area contributed by atoms with Crippen LogP contribution in [0.4, 0.5) is 10.1 Å². The van der Waals surface area contributed by atoms with E-state index in [1.54, 1.807) is 6.33 Å². The second-order valence-corrected chi connectivity index (χ2v) is 8.89. The molecular weight excluding hydrogens is 369 g/mol. The van der Waals surface area contributed by atoms with Gasteiger partial charge in [0.1, 0.15) is 5.82 Å². The van der Waals surface area contributed by atoms with Gasteiger partial charge in [0.05, 0.1) is 11.9 Å². The molecule has 2 saturated carbocycles. The minimum atomic E-state index is -0.194. The Morgan fingerprint density at radius 3 is 2.55 bits per heavy atom. The maximum Gasteiger partial charge on any atom is 0.224 e. The van der Waals surface area contributed by atoms with Crippen LogP contribution in [-0.2, 0) is 11.8 Å². The minimum Gasteiger partial charge on any atom is -0.369 e. The zero-order valence-electron chi connectivity index (χ0n) is 16.9. The Labute approximate surface area is 170 Å². The van der Waals surface area contributed by atoms with Gasteiger partial charge in [0.25, 0.3) is 0 Å². The molecule has 6 nitrogen and oxygen atoms in total. The lowest BCUT2D eigenvalue weighted by molar-refractivity contribution is -0.123. The van der Waals surface area contributed by atoms with Crippen molar-refractivity contribution in [3.63, 3.8) is 0 Å². The quantitative estimate of drug-likeness (QED) is 0.812. The molecule has 1 aromatic heterocycles. The summed E-state index contributed by atoms with van der Waals surface area (Å²) in [6.07, 6.45) is 6.75. The van der Waals surface area contributed by atoms with Gasteiger partial charge in [-0.1, -0.05) is 0 Å². The molecule has 1 aliphatic heterocycles. The molecule has 0 bridgehead atoms. The minimum absolute atomic E-state index is 0.0330. The van der Waals surface area contributed by atoms with Crippen LogP contribution in [0.15, 0.2) is 36.8 Å². The van der Waals surface area contributed by atoms with Gasteiger partial charge in [-0.05, 0) is 43.5 Å². The Kier molecular flexibility index (Phi) is 4.57. The van der Waals surface area contributed by atoms with E-state index in [-0.39, 0.29) is 23.2 Å². The first kappa shape index (κ1) is 18.6. The van der Waals surface area contributed by atoms with Crippen molar-refractivity contribution in [1.82, 2.24) is 19.8 Å². The molecule has 154 valence electrons. The Balaban J connectivity index is 1.11. The van der Waals surface area contributed by atoms with Gasteiger partial charge in [-0.25, -0.2) is 9.37 Å². The number of nitrogens with zero attached hydrogens (tertiary/aromatic N) is 4. The monoisotopic (exact) mass is 397 g/mol. The van der Waals surface area contributed by atoms with E-state index in [1.165, 1.54) is 12.1 Å². The van der Waals surface area contributed by atoms with E-state index in [4.69, 9.17) is 0 Å². The van der Waals surface area contributed by atoms with Crippen molar-refractivity contribution in [3.05, 3.63) is 48.3 Å². The third-order valence-electron chi connectivity index (χ3n) is 6.69. The first-order valence-electron chi connectivity index (χ1n) is 10.5. The molecule has 0 radical (unpaired) electrons. The fourth-order valence-corrected chi connectivity index (χ4v) is 4.61. The summed E-state index contributed by atoms with van der Waals surface area (Å²) >= 11 is 0. The molecule has 3 fully saturated rings. The van der Waals surface area contributed by atoms with E-state index in [1.807, 2.05) is 29.9 Å². The van der Waals surface area contributed by atoms with E-state index < -0.39 is 0 Å². The number of aryl methyl sites for hydroxylation is 1. The highest BCUT2D eigenvalue weighted by atomic mass is 19.1. The van der Waals surface area contributed by atoms with Crippen LogP contribution in [0.2, 0.25) is 0 Å². The van der Waals surface area contributed by atoms with Crippen LogP contribution in [-0.4, -0.2) is 58.6 Å². The summed E-state index contributed by atoms with van der Waals surface area (Å²) in [7, 11) is 1.99. The standard InChI is InChI=1S/C22H28FN5O/c1-26-15-24-13-20(26)18-12-19(18)21(29)25-22(6-7-22)14-27-8-10-28(11-9-27)17-4-2-16(23)3-5-17/h2-5,13,15,18-19H,6-12,14H2,1H3,(H,25,29)/t18-,19-/m1/s1. The summed E-state index contributed by atoms with van der Waals surface area (Å²) in [4.78, 5) is 21.7. The number of rotatable bonds is 6. The third kappa shape index (κ3) is 3.88. The number of piperazine rings is 1. The Bertz CT molecular complexity index is 883. The summed E-state index contributed by atoms with van der Waals surface area (Å²) < 4.78 is 15.2. The van der Waals surface area contributed by atoms with E-state index in [9.17, 15) is 9.18 Å². The molecule has 0 unspecified atom stereocenters. The molecule has 1 saturated heterocycles. The van der Waals surface area contributed by atoms with Crippen LogP contribution in [0.1, 0.15) is 30.9 Å². The van der Waals surface area contributed by atoms with E-state index in [2.05, 4.69) is 20.1 Å². The smallest absolute Gasteiger partial charge is 0.224 e. The van der Waals surface area contributed by atoms with Gasteiger partial charge in [-0.15, -0.1) is 0 Å². The van der Waals surface area contributed by atoms with E-state index >= 15 is 0 Å². The third-order valence-corrected chi connectivity index (χ3v) is 6.69. The molecule has 7 heteroatoms. The number of halogens is 1. The highest BCUT2D eigenvalue weighted by molar-refractivity contribution is 5.83. The Morgan fingerprint density at radius 1 is 1.21 bits per heavy atom. The number of nitrogens with one attached hydrogen (secondary N) is 1. The van der Waals surface area contributed by atoms with Crippen LogP contribution in [0, 0.1) is 11.7 Å². The van der Waals surface area contributed by atoms with E-state index in [0.717, 1.165) is 63.4 Å². The van der Waals surface area contributed by atoms with Gasteiger partial charge in [-0.2, -0.15) is 0 Å². The summed E-state index contributed by atoms with van der Waals surface area (Å²) in [5, 5.41) is 3.37. The van der Waals surface area contributed by atoms with Gasteiger partial charge in [0, 0.05) is 69.2 Å². The zero-order chi connectivity index (χ0) is 20.0. The van der Waals surface area contributed by atoms with E-state index in [0.29, 0.717) is 5.92 Å². The topological polar surface area (TPSA) is 53.4 Å². The molecule has 2 atom stereocenters. The SMILES string of the molecule is Cn1cncc1[C@@H]1C[C@H]1C(=O)NC1(CN2CCN(c3ccc(F)cc3)CC2)CC1. The van der Waals surface area contributed by atoms with Crippen LogP contribution in [0.5, 0.6) is 0 Å². The van der Waals surface area contributed by atoms with Gasteiger partial charge in [0.2, 0.25) is 5.91 Å². The molecule has 5 rings (SSSR count). The van der Waals surface area contributed by atoms with Gasteiger partial charge < -0.3 is 14.8 Å². The molecule has 0 spiro atoms. The van der Waals surface area contributed by atoms with Crippen LogP contribution in [0.25, 0.3) is 0 Å². The van der Waals surface area contributed by atoms with Gasteiger partial charge >= 0.3 is 0 Å². The lowest BCUT2D eigenvalue weighted by Gasteiger charge is -2.38. The lowest BCUT2D eigenvalue weighted by Crippen LogP contribution is -2.53. The number of carbonyl (C=O) groups is 1. The average molecular weight is 397 g/mol. The number of imidazole rings is 1. The van der Waals surface area contributed by atoms with Gasteiger partial charge in [0.15, 0.2) is 0 Å². The first-order chi connectivity index (χ1) is 14.0. The summed E-state index contributed by atoms with van der Waals surface area (Å²) in [6, 6.07) is 6.74. The Hall–Kier alpha value is -2.41. The maximum atomic E-state index is 13.1. The number of benzene rings is 1. The van der Waals surface area contributed by atoms with Crippen molar-refractivity contribution in [2.24, 2.45) is 13.0 Å². The van der Waals surface area contributed by atoms with Crippen LogP contribution >= 0.6 is 0 Å². The lowest BCUT2D eigenvalue weighted by atomic mass is 10.1. The largest absolute Gasteiger partial charge is 0.369 e. The van der Waals surface area contributed by atoms with Crippen LogP contribution < -0.4 is 10.2 Å². The second kappa shape index (κ2) is 7.13. The van der Waals surface area contributed by atoms with Crippen molar-refractivity contribution in [3.8, 4) is 0 Å². The molecule has 1 amide bonds. The predicted molar refractivity (Wildman–Crippen MR) is 109 cm³/mol. The van der Waals surface area contributed by atoms with Crippen molar-refractivity contribution in [2.45, 2.75) is 30.7 Å². The summed E-state index contributed by atoms with van der Waals surface area (Å²) in [6.45, 7) is 4.73. The normalized spacial score (nSPS) is 25.7. The number of aromatic nitrogens is 2. The predicted octanol–water partition coefficient (Wildman–Crippen LogP) is 2.13. The number of hydrogen-bond donors (Lipinski definition) is 1. The fraction of sp³-hybridized carbons (Fsp3) is 0.545. The van der Waals surface area contributed by atoms with Gasteiger partial charge in [-0.3, -0.25) is 9.69 Å². The fourth-order valence-electron chi connectivity index (χ4n) is 4.61. The Morgan fingerprint density at radius 2 is 1.93 bits per heavy atom. The number of amides is 1. The van der Waals surface area contributed by atoms with Crippen molar-refractivity contribution in [2.75, 3.05) is 37.6 Å². The molecule has 3 aliphatic rings. The van der Waals surface area contributed by atoms with Crippen LogP contribution in [0.3, 0.4) is 0 Å². The molecule has 2 heterocycles. The molecule has 2 aromatic rings. The maximum absolute atomic E-state index is 13.1. The number of carbonyl (C=O) groups excluding carboxylic acids is 1. The summed E-state index contributed by atoms with van der Waals surface area (Å²) in [5.41, 5.74) is 2.21. The zero-order valence-corrected chi connectivity index (χ0v) is 16.9.